The summed E-state index contributed by atoms with van der Waals surface area (Å²) in [6.45, 7) is 13.0. The average Bonchev–Trinajstić information content (AvgIpc) is 3.66. The summed E-state index contributed by atoms with van der Waals surface area (Å²) in [5, 5.41) is 60.6. The summed E-state index contributed by atoms with van der Waals surface area (Å²) >= 11 is 0. The zero-order valence-electron chi connectivity index (χ0n) is 26.5. The van der Waals surface area contributed by atoms with Crippen LogP contribution in [0.2, 0.25) is 0 Å². The van der Waals surface area contributed by atoms with E-state index in [1.54, 1.807) is 0 Å². The van der Waals surface area contributed by atoms with Gasteiger partial charge in [-0.3, -0.25) is 15.3 Å². The summed E-state index contributed by atoms with van der Waals surface area (Å²) in [5.74, 6) is -9.58. The van der Waals surface area contributed by atoms with E-state index in [0.29, 0.717) is 12.2 Å². The van der Waals surface area contributed by atoms with E-state index >= 15 is 0 Å². The maximum Gasteiger partial charge on any atom is 0.338 e. The fourth-order valence-corrected chi connectivity index (χ4v) is 1.83. The molecular weight excluding hydrogens is 648 g/mol. The average molecular weight is 689 g/mol. The molecule has 0 aromatic heterocycles. The Balaban J connectivity index is -0.000000244. The highest BCUT2D eigenvalue weighted by Crippen LogP contribution is 2.21. The first kappa shape index (κ1) is 49.1. The monoisotopic (exact) mass is 688 g/mol. The molecule has 2 aliphatic heterocycles. The van der Waals surface area contributed by atoms with Gasteiger partial charge in [0, 0.05) is 31.4 Å². The molecule has 2 aliphatic rings. The van der Waals surface area contributed by atoms with Crippen LogP contribution in [0.1, 0.15) is 48.5 Å². The fraction of sp³-hybridized carbons (Fsp3) is 0.538. The van der Waals surface area contributed by atoms with Crippen molar-refractivity contribution in [1.82, 2.24) is 0 Å². The van der Waals surface area contributed by atoms with Gasteiger partial charge in [0.25, 0.3) is 0 Å². The van der Waals surface area contributed by atoms with Crippen LogP contribution in [0.25, 0.3) is 0 Å². The van der Waals surface area contributed by atoms with Gasteiger partial charge in [0.2, 0.25) is 0 Å². The molecule has 2 rings (SSSR count). The lowest BCUT2D eigenvalue weighted by Crippen LogP contribution is -2.34. The van der Waals surface area contributed by atoms with Crippen LogP contribution in [0.5, 0.6) is 0 Å². The summed E-state index contributed by atoms with van der Waals surface area (Å²) in [7, 11) is 1.16. The molecule has 1 fully saturated rings. The summed E-state index contributed by atoms with van der Waals surface area (Å²) in [4.78, 5) is 89.5. The van der Waals surface area contributed by atoms with Gasteiger partial charge in [-0.2, -0.15) is 0 Å². The Kier molecular flexibility index (Phi) is 25.5. The molecule has 0 aliphatic carbocycles. The van der Waals surface area contributed by atoms with Crippen molar-refractivity contribution in [2.24, 2.45) is 5.92 Å². The number of carboxylic acids is 6. The number of ether oxygens (including phenoxy) is 3. The second-order valence-electron chi connectivity index (χ2n) is 10.2. The molecule has 0 amide bonds. The van der Waals surface area contributed by atoms with Crippen LogP contribution >= 0.6 is 0 Å². The highest BCUT2D eigenvalue weighted by Gasteiger charge is 2.51. The number of rotatable bonds is 9. The number of esters is 2. The molecule has 4 unspecified atom stereocenters. The lowest BCUT2D eigenvalue weighted by atomic mass is 10.1. The summed E-state index contributed by atoms with van der Waals surface area (Å²) in [6, 6.07) is 0. The minimum Gasteiger partial charge on any atom is -0.481 e. The molecule has 0 spiro atoms. The highest BCUT2D eigenvalue weighted by atomic mass is 17.2. The van der Waals surface area contributed by atoms with Crippen LogP contribution in [0, 0.1) is 5.92 Å². The molecule has 0 bridgehead atoms. The van der Waals surface area contributed by atoms with Gasteiger partial charge in [0.05, 0.1) is 17.1 Å². The quantitative estimate of drug-likeness (QED) is 0.0410. The third-order valence-corrected chi connectivity index (χ3v) is 3.79. The van der Waals surface area contributed by atoms with E-state index in [1.807, 2.05) is 41.5 Å². The van der Waals surface area contributed by atoms with Crippen molar-refractivity contribution in [2.75, 3.05) is 7.11 Å². The predicted molar refractivity (Wildman–Crippen MR) is 151 cm³/mol. The van der Waals surface area contributed by atoms with E-state index in [4.69, 9.17) is 50.9 Å². The largest absolute Gasteiger partial charge is 0.481 e. The Hall–Kier alpha value is -4.80. The molecule has 21 nitrogen and oxygen atoms in total. The van der Waals surface area contributed by atoms with E-state index in [1.165, 1.54) is 6.92 Å². The SMILES string of the molecule is CC(C)(C)OOC(C)(C)C.COC(C(=O)O)C(C)C(=O)O.O=C(O)/C=C\C(=O)O.O=C(O)C1OC1C(=O)O.O=C1C=CC(=O)O1.OO. The van der Waals surface area contributed by atoms with Crippen molar-refractivity contribution in [1.29, 1.82) is 0 Å². The summed E-state index contributed by atoms with van der Waals surface area (Å²) in [5.41, 5.74) is -0.430. The lowest BCUT2D eigenvalue weighted by Gasteiger charge is -2.24. The van der Waals surface area contributed by atoms with E-state index < -0.39 is 72.0 Å². The van der Waals surface area contributed by atoms with Crippen molar-refractivity contribution in [3.05, 3.63) is 24.3 Å². The number of aliphatic carboxylic acids is 6. The van der Waals surface area contributed by atoms with Crippen LogP contribution in [0.4, 0.5) is 0 Å². The van der Waals surface area contributed by atoms with Crippen molar-refractivity contribution < 1.29 is 103 Å². The van der Waals surface area contributed by atoms with Gasteiger partial charge in [-0.25, -0.2) is 43.3 Å². The van der Waals surface area contributed by atoms with Gasteiger partial charge >= 0.3 is 47.8 Å². The Labute approximate surface area is 267 Å². The molecule has 1 saturated heterocycles. The van der Waals surface area contributed by atoms with Crippen LogP contribution < -0.4 is 0 Å². The van der Waals surface area contributed by atoms with Crippen LogP contribution in [0.3, 0.4) is 0 Å². The Morgan fingerprint density at radius 1 is 0.702 bits per heavy atom. The third kappa shape index (κ3) is 32.4. The molecule has 0 aromatic carbocycles. The Morgan fingerprint density at radius 2 is 1.02 bits per heavy atom. The summed E-state index contributed by atoms with van der Waals surface area (Å²) in [6.07, 6.45) is -0.229. The third-order valence-electron chi connectivity index (χ3n) is 3.79. The van der Waals surface area contributed by atoms with Gasteiger partial charge < -0.3 is 44.8 Å². The molecule has 4 atom stereocenters. The molecular formula is C26H40O21. The van der Waals surface area contributed by atoms with Crippen LogP contribution in [0.15, 0.2) is 24.3 Å². The molecule has 0 aromatic rings. The first-order chi connectivity index (χ1) is 21.2. The van der Waals surface area contributed by atoms with Gasteiger partial charge in [-0.1, -0.05) is 0 Å². The van der Waals surface area contributed by atoms with Crippen molar-refractivity contribution in [2.45, 2.75) is 78.0 Å². The number of epoxide rings is 1. The molecule has 8 N–H and O–H groups in total. The number of hydrogen-bond acceptors (Lipinski definition) is 15. The molecule has 270 valence electrons. The van der Waals surface area contributed by atoms with E-state index in [-0.39, 0.29) is 11.2 Å². The standard InChI is InChI=1S/C8H18O2.C6H10O5.C4H4O5.C4H4O4.C4H2O3.H2O2/c1-7(2,3)9-10-8(4,5)6;1-3(5(7)8)4(11-2)6(9)10;5-3(6)1-2(9-1)4(7)8;5-3(6)1-2-4(7)8;5-3-1-2-4(6)7-3;1-2/h1-6H3;3-4H,1-2H3,(H,7,8)(H,9,10);1-2H,(H,5,6)(H,7,8);1-2H,(H,5,6)(H,7,8);1-2H;1-2H/b;;;2-1-;;. The van der Waals surface area contributed by atoms with E-state index in [2.05, 4.69) is 14.2 Å². The normalized spacial score (nSPS) is 17.0. The minimum absolute atomic E-state index is 0.215. The van der Waals surface area contributed by atoms with E-state index in [0.717, 1.165) is 19.3 Å². The number of cyclic esters (lactones) is 2. The molecule has 0 saturated carbocycles. The number of carbonyl (C=O) groups is 8. The molecule has 0 radical (unpaired) electrons. The maximum absolute atomic E-state index is 10.3. The Morgan fingerprint density at radius 3 is 1.13 bits per heavy atom. The van der Waals surface area contributed by atoms with Crippen molar-refractivity contribution >= 4 is 47.8 Å². The maximum atomic E-state index is 10.3. The number of carboxylic acid groups (broad SMARTS) is 6. The Bertz CT molecular complexity index is 1040. The molecule has 47 heavy (non-hydrogen) atoms. The fourth-order valence-electron chi connectivity index (χ4n) is 1.83. The second-order valence-corrected chi connectivity index (χ2v) is 10.2. The first-order valence-electron chi connectivity index (χ1n) is 12.5. The topological polar surface area (TPSA) is 348 Å². The van der Waals surface area contributed by atoms with Gasteiger partial charge in [-0.15, -0.1) is 0 Å². The molecule has 21 heteroatoms. The van der Waals surface area contributed by atoms with Gasteiger partial charge in [-0.05, 0) is 48.5 Å². The van der Waals surface area contributed by atoms with Crippen molar-refractivity contribution in [3.63, 3.8) is 0 Å². The zero-order valence-corrected chi connectivity index (χ0v) is 26.5. The van der Waals surface area contributed by atoms with Gasteiger partial charge in [0.1, 0.15) is 0 Å². The highest BCUT2D eigenvalue weighted by molar-refractivity contribution is 6.04. The predicted octanol–water partition coefficient (Wildman–Crippen LogP) is 0.617. The smallest absolute Gasteiger partial charge is 0.338 e. The zero-order chi connectivity index (χ0) is 38.3. The van der Waals surface area contributed by atoms with Crippen molar-refractivity contribution in [3.8, 4) is 0 Å². The lowest BCUT2D eigenvalue weighted by molar-refractivity contribution is -0.393. The van der Waals surface area contributed by atoms with Crippen LogP contribution in [-0.2, 0) is 62.3 Å². The number of carbonyl (C=O) groups excluding carboxylic acids is 2. The van der Waals surface area contributed by atoms with E-state index in [9.17, 15) is 38.4 Å². The second kappa shape index (κ2) is 24.4. The molecule has 2 heterocycles. The van der Waals surface area contributed by atoms with Crippen LogP contribution in [-0.4, -0.2) is 126 Å². The number of hydrogen-bond donors (Lipinski definition) is 8. The van der Waals surface area contributed by atoms with Gasteiger partial charge in [0.15, 0.2) is 18.3 Å². The number of methoxy groups -OCH3 is 1. The minimum atomic E-state index is -1.27. The summed E-state index contributed by atoms with van der Waals surface area (Å²) < 4.78 is 12.7. The first-order valence-corrected chi connectivity index (χ1v) is 12.5.